The highest BCUT2D eigenvalue weighted by atomic mass is 15.2. The molecular weight excluding hydrogens is 198 g/mol. The highest BCUT2D eigenvalue weighted by molar-refractivity contribution is 4.71. The number of hydrogen-bond donors (Lipinski definition) is 1. The van der Waals surface area contributed by atoms with E-state index in [-0.39, 0.29) is 0 Å². The van der Waals surface area contributed by atoms with Gasteiger partial charge in [0, 0.05) is 19.1 Å². The zero-order valence-electron chi connectivity index (χ0n) is 12.1. The van der Waals surface area contributed by atoms with E-state index in [1.165, 1.54) is 6.54 Å². The van der Waals surface area contributed by atoms with Gasteiger partial charge in [-0.3, -0.25) is 4.90 Å². The molecule has 1 N–H and O–H groups in total. The van der Waals surface area contributed by atoms with E-state index in [0.717, 1.165) is 32.1 Å². The van der Waals surface area contributed by atoms with Gasteiger partial charge >= 0.3 is 0 Å². The Kier molecular flexibility index (Phi) is 8.90. The largest absolute Gasteiger partial charge is 0.317 e. The van der Waals surface area contributed by atoms with Gasteiger partial charge in [0.2, 0.25) is 0 Å². The van der Waals surface area contributed by atoms with Crippen molar-refractivity contribution in [3.8, 4) is 0 Å². The first-order chi connectivity index (χ1) is 7.51. The maximum absolute atomic E-state index is 3.42. The third-order valence-electron chi connectivity index (χ3n) is 2.95. The minimum atomic E-state index is 0.643. The Bertz CT molecular complexity index is 159. The van der Waals surface area contributed by atoms with Crippen LogP contribution in [0.2, 0.25) is 0 Å². The van der Waals surface area contributed by atoms with E-state index in [2.05, 4.69) is 56.9 Å². The van der Waals surface area contributed by atoms with Gasteiger partial charge < -0.3 is 10.2 Å². The Morgan fingerprint density at radius 3 is 2.12 bits per heavy atom. The van der Waals surface area contributed by atoms with Crippen molar-refractivity contribution >= 4 is 0 Å². The Labute approximate surface area is 102 Å². The SMILES string of the molecule is CCNCC(C)CN(CC)C(C)CN(C)C. The van der Waals surface area contributed by atoms with Crippen LogP contribution in [0.25, 0.3) is 0 Å². The molecule has 0 aliphatic carbocycles. The third kappa shape index (κ3) is 7.20. The molecule has 98 valence electrons. The summed E-state index contributed by atoms with van der Waals surface area (Å²) >= 11 is 0. The molecule has 0 aromatic rings. The smallest absolute Gasteiger partial charge is 0.0194 e. The molecule has 2 atom stereocenters. The van der Waals surface area contributed by atoms with Crippen LogP contribution in [0, 0.1) is 5.92 Å². The fourth-order valence-electron chi connectivity index (χ4n) is 2.12. The molecule has 0 fully saturated rings. The maximum Gasteiger partial charge on any atom is 0.0194 e. The molecule has 2 unspecified atom stereocenters. The Morgan fingerprint density at radius 1 is 1.06 bits per heavy atom. The fourth-order valence-corrected chi connectivity index (χ4v) is 2.12. The summed E-state index contributed by atoms with van der Waals surface area (Å²) in [6.45, 7) is 14.7. The summed E-state index contributed by atoms with van der Waals surface area (Å²) in [4.78, 5) is 4.84. The van der Waals surface area contributed by atoms with Crippen molar-refractivity contribution in [2.75, 3.05) is 46.8 Å². The van der Waals surface area contributed by atoms with Crippen LogP contribution in [0.5, 0.6) is 0 Å². The molecule has 0 spiro atoms. The van der Waals surface area contributed by atoms with Gasteiger partial charge in [0.05, 0.1) is 0 Å². The predicted octanol–water partition coefficient (Wildman–Crippen LogP) is 1.50. The van der Waals surface area contributed by atoms with Crippen LogP contribution in [0.1, 0.15) is 27.7 Å². The summed E-state index contributed by atoms with van der Waals surface area (Å²) in [5, 5.41) is 3.42. The van der Waals surface area contributed by atoms with Gasteiger partial charge in [-0.05, 0) is 46.6 Å². The average Bonchev–Trinajstić information content (AvgIpc) is 2.21. The lowest BCUT2D eigenvalue weighted by molar-refractivity contribution is 0.160. The van der Waals surface area contributed by atoms with Crippen LogP contribution in [-0.4, -0.2) is 62.7 Å². The van der Waals surface area contributed by atoms with Gasteiger partial charge in [-0.15, -0.1) is 0 Å². The number of rotatable bonds is 9. The van der Waals surface area contributed by atoms with Crippen molar-refractivity contribution in [2.24, 2.45) is 5.92 Å². The van der Waals surface area contributed by atoms with E-state index >= 15 is 0 Å². The topological polar surface area (TPSA) is 18.5 Å². The van der Waals surface area contributed by atoms with Gasteiger partial charge in [0.25, 0.3) is 0 Å². The van der Waals surface area contributed by atoms with Crippen molar-refractivity contribution in [1.82, 2.24) is 15.1 Å². The lowest BCUT2D eigenvalue weighted by Crippen LogP contribution is -2.43. The zero-order valence-corrected chi connectivity index (χ0v) is 12.1. The van der Waals surface area contributed by atoms with Crippen molar-refractivity contribution in [1.29, 1.82) is 0 Å². The van der Waals surface area contributed by atoms with Crippen LogP contribution < -0.4 is 5.32 Å². The number of nitrogens with zero attached hydrogens (tertiary/aromatic N) is 2. The van der Waals surface area contributed by atoms with Crippen LogP contribution in [0.3, 0.4) is 0 Å². The molecule has 0 aromatic heterocycles. The first-order valence-corrected chi connectivity index (χ1v) is 6.60. The van der Waals surface area contributed by atoms with Crippen molar-refractivity contribution in [3.05, 3.63) is 0 Å². The molecule has 0 saturated carbocycles. The van der Waals surface area contributed by atoms with E-state index in [1.807, 2.05) is 0 Å². The molecular formula is C13H31N3. The monoisotopic (exact) mass is 229 g/mol. The van der Waals surface area contributed by atoms with Crippen molar-refractivity contribution in [3.63, 3.8) is 0 Å². The van der Waals surface area contributed by atoms with Gasteiger partial charge in [-0.2, -0.15) is 0 Å². The zero-order chi connectivity index (χ0) is 12.6. The predicted molar refractivity (Wildman–Crippen MR) is 73.0 cm³/mol. The molecule has 16 heavy (non-hydrogen) atoms. The van der Waals surface area contributed by atoms with Gasteiger partial charge in [0.1, 0.15) is 0 Å². The summed E-state index contributed by atoms with van der Waals surface area (Å²) in [7, 11) is 4.29. The standard InChI is InChI=1S/C13H31N3/c1-7-14-9-12(3)10-16(8-2)13(4)11-15(5)6/h12-14H,7-11H2,1-6H3. The molecule has 0 aliphatic rings. The highest BCUT2D eigenvalue weighted by Gasteiger charge is 2.15. The molecule has 0 heterocycles. The molecule has 3 nitrogen and oxygen atoms in total. The van der Waals surface area contributed by atoms with Gasteiger partial charge in [0.15, 0.2) is 0 Å². The minimum absolute atomic E-state index is 0.643. The second kappa shape index (κ2) is 8.97. The summed E-state index contributed by atoms with van der Waals surface area (Å²) < 4.78 is 0. The summed E-state index contributed by atoms with van der Waals surface area (Å²) in [6, 6.07) is 0.643. The summed E-state index contributed by atoms with van der Waals surface area (Å²) in [5.41, 5.74) is 0. The first kappa shape index (κ1) is 15.9. The van der Waals surface area contributed by atoms with Gasteiger partial charge in [-0.1, -0.05) is 20.8 Å². The molecule has 0 bridgehead atoms. The van der Waals surface area contributed by atoms with E-state index in [0.29, 0.717) is 6.04 Å². The Morgan fingerprint density at radius 2 is 1.69 bits per heavy atom. The van der Waals surface area contributed by atoms with Crippen LogP contribution in [0.4, 0.5) is 0 Å². The molecule has 0 rings (SSSR count). The van der Waals surface area contributed by atoms with E-state index in [9.17, 15) is 0 Å². The summed E-state index contributed by atoms with van der Waals surface area (Å²) in [5.74, 6) is 0.726. The Balaban J connectivity index is 3.97. The number of hydrogen-bond acceptors (Lipinski definition) is 3. The lowest BCUT2D eigenvalue weighted by atomic mass is 10.1. The van der Waals surface area contributed by atoms with Crippen molar-refractivity contribution in [2.45, 2.75) is 33.7 Å². The normalized spacial score (nSPS) is 15.8. The van der Waals surface area contributed by atoms with Crippen LogP contribution in [-0.2, 0) is 0 Å². The Hall–Kier alpha value is -0.120. The minimum Gasteiger partial charge on any atom is -0.317 e. The van der Waals surface area contributed by atoms with Crippen LogP contribution >= 0.6 is 0 Å². The second-order valence-corrected chi connectivity index (χ2v) is 5.11. The molecule has 3 heteroatoms. The van der Waals surface area contributed by atoms with Crippen LogP contribution in [0.15, 0.2) is 0 Å². The van der Waals surface area contributed by atoms with E-state index in [4.69, 9.17) is 0 Å². The first-order valence-electron chi connectivity index (χ1n) is 6.60. The molecule has 0 radical (unpaired) electrons. The highest BCUT2D eigenvalue weighted by Crippen LogP contribution is 2.05. The van der Waals surface area contributed by atoms with Gasteiger partial charge in [-0.25, -0.2) is 0 Å². The third-order valence-corrected chi connectivity index (χ3v) is 2.95. The quantitative estimate of drug-likeness (QED) is 0.646. The van der Waals surface area contributed by atoms with E-state index in [1.54, 1.807) is 0 Å². The van der Waals surface area contributed by atoms with Crippen molar-refractivity contribution < 1.29 is 0 Å². The number of nitrogens with one attached hydrogen (secondary N) is 1. The summed E-state index contributed by atoms with van der Waals surface area (Å²) in [6.07, 6.45) is 0. The fraction of sp³-hybridized carbons (Fsp3) is 1.00. The second-order valence-electron chi connectivity index (χ2n) is 5.11. The van der Waals surface area contributed by atoms with E-state index < -0.39 is 0 Å². The number of likely N-dealkylation sites (N-methyl/N-ethyl adjacent to an activating group) is 2. The molecule has 0 aliphatic heterocycles. The molecule has 0 amide bonds. The lowest BCUT2D eigenvalue weighted by Gasteiger charge is -2.32. The molecule has 0 aromatic carbocycles. The molecule has 0 saturated heterocycles. The maximum atomic E-state index is 3.42. The average molecular weight is 229 g/mol.